The summed E-state index contributed by atoms with van der Waals surface area (Å²) >= 11 is 0. The molecule has 0 spiro atoms. The maximum Gasteiger partial charge on any atom is 0.131 e. The fraction of sp³-hybridized carbons (Fsp3) is 0.714. The fourth-order valence-electron chi connectivity index (χ4n) is 4.27. The first kappa shape index (κ1) is 20.2. The third kappa shape index (κ3) is 4.35. The van der Waals surface area contributed by atoms with Gasteiger partial charge in [-0.3, -0.25) is 9.80 Å². The molecule has 0 saturated carbocycles. The van der Waals surface area contributed by atoms with Gasteiger partial charge in [-0.25, -0.2) is 4.39 Å². The summed E-state index contributed by atoms with van der Waals surface area (Å²) in [6, 6.07) is 6.99. The summed E-state index contributed by atoms with van der Waals surface area (Å²) in [5, 5.41) is 0. The van der Waals surface area contributed by atoms with Crippen molar-refractivity contribution in [1.82, 2.24) is 9.80 Å². The van der Waals surface area contributed by atoms with E-state index < -0.39 is 0 Å². The molecule has 4 heteroatoms. The standard InChI is InChI=1S/C21H35FN2O/c1-7-16-14-24(17(8-2)13-23(16)15(4)5)21(9-3)19-11-10-18(25-6)12-20(19)22/h10-12,15-17,21H,7-9,13-14H2,1-6H3/t16-,17+,21+/m0/s1. The van der Waals surface area contributed by atoms with Crippen LogP contribution in [0.15, 0.2) is 18.2 Å². The molecule has 1 aromatic carbocycles. The lowest BCUT2D eigenvalue weighted by atomic mass is 9.94. The van der Waals surface area contributed by atoms with E-state index in [1.165, 1.54) is 6.07 Å². The van der Waals surface area contributed by atoms with E-state index >= 15 is 0 Å². The van der Waals surface area contributed by atoms with Crippen molar-refractivity contribution in [3.63, 3.8) is 0 Å². The summed E-state index contributed by atoms with van der Waals surface area (Å²) in [5.74, 6) is 0.430. The van der Waals surface area contributed by atoms with E-state index in [-0.39, 0.29) is 11.9 Å². The second-order valence-corrected chi connectivity index (χ2v) is 7.42. The van der Waals surface area contributed by atoms with Crippen LogP contribution in [0.3, 0.4) is 0 Å². The number of hydrogen-bond donors (Lipinski definition) is 0. The number of nitrogens with zero attached hydrogens (tertiary/aromatic N) is 2. The molecule has 25 heavy (non-hydrogen) atoms. The molecular formula is C21H35FN2O. The lowest BCUT2D eigenvalue weighted by molar-refractivity contribution is -0.0185. The normalized spacial score (nSPS) is 23.8. The van der Waals surface area contributed by atoms with E-state index in [1.54, 1.807) is 7.11 Å². The molecule has 142 valence electrons. The Morgan fingerprint density at radius 1 is 1.08 bits per heavy atom. The van der Waals surface area contributed by atoms with Gasteiger partial charge in [-0.05, 0) is 39.2 Å². The Morgan fingerprint density at radius 2 is 1.68 bits per heavy atom. The molecule has 1 aromatic rings. The predicted molar refractivity (Wildman–Crippen MR) is 103 cm³/mol. The predicted octanol–water partition coefficient (Wildman–Crippen LogP) is 4.87. The maximum absolute atomic E-state index is 14.7. The van der Waals surface area contributed by atoms with Crippen molar-refractivity contribution in [1.29, 1.82) is 0 Å². The van der Waals surface area contributed by atoms with Crippen molar-refractivity contribution in [2.24, 2.45) is 0 Å². The molecule has 1 heterocycles. The van der Waals surface area contributed by atoms with Gasteiger partial charge >= 0.3 is 0 Å². The highest BCUT2D eigenvalue weighted by Crippen LogP contribution is 2.34. The van der Waals surface area contributed by atoms with Crippen molar-refractivity contribution in [3.05, 3.63) is 29.6 Å². The molecule has 3 atom stereocenters. The Morgan fingerprint density at radius 3 is 2.16 bits per heavy atom. The summed E-state index contributed by atoms with van der Waals surface area (Å²) in [6.07, 6.45) is 3.14. The molecule has 0 aromatic heterocycles. The van der Waals surface area contributed by atoms with Gasteiger partial charge in [0.2, 0.25) is 0 Å². The van der Waals surface area contributed by atoms with Crippen LogP contribution >= 0.6 is 0 Å². The van der Waals surface area contributed by atoms with Crippen LogP contribution in [0, 0.1) is 5.82 Å². The fourth-order valence-corrected chi connectivity index (χ4v) is 4.27. The molecule has 0 bridgehead atoms. The smallest absolute Gasteiger partial charge is 0.131 e. The number of benzene rings is 1. The zero-order valence-corrected chi connectivity index (χ0v) is 16.8. The Balaban J connectivity index is 2.31. The summed E-state index contributed by atoms with van der Waals surface area (Å²) in [6.45, 7) is 13.3. The minimum atomic E-state index is -0.152. The zero-order valence-electron chi connectivity index (χ0n) is 16.8. The van der Waals surface area contributed by atoms with Crippen molar-refractivity contribution < 1.29 is 9.13 Å². The average Bonchev–Trinajstić information content (AvgIpc) is 2.62. The topological polar surface area (TPSA) is 15.7 Å². The minimum Gasteiger partial charge on any atom is -0.497 e. The van der Waals surface area contributed by atoms with E-state index in [0.717, 1.165) is 37.9 Å². The lowest BCUT2D eigenvalue weighted by Gasteiger charge is -2.50. The van der Waals surface area contributed by atoms with E-state index in [1.807, 2.05) is 12.1 Å². The highest BCUT2D eigenvalue weighted by Gasteiger charge is 2.37. The molecule has 2 rings (SSSR count). The summed E-state index contributed by atoms with van der Waals surface area (Å²) in [5.41, 5.74) is 0.801. The molecule has 3 nitrogen and oxygen atoms in total. The molecule has 0 N–H and O–H groups in total. The van der Waals surface area contributed by atoms with Crippen LogP contribution in [-0.4, -0.2) is 48.1 Å². The van der Waals surface area contributed by atoms with Crippen LogP contribution in [0.4, 0.5) is 4.39 Å². The molecule has 0 amide bonds. The number of methoxy groups -OCH3 is 1. The van der Waals surface area contributed by atoms with Crippen LogP contribution in [0.1, 0.15) is 65.5 Å². The largest absolute Gasteiger partial charge is 0.497 e. The van der Waals surface area contributed by atoms with Gasteiger partial charge in [0.15, 0.2) is 0 Å². The van der Waals surface area contributed by atoms with Gasteiger partial charge < -0.3 is 4.74 Å². The van der Waals surface area contributed by atoms with Crippen molar-refractivity contribution in [2.75, 3.05) is 20.2 Å². The van der Waals surface area contributed by atoms with Crippen molar-refractivity contribution >= 4 is 0 Å². The molecule has 1 saturated heterocycles. The van der Waals surface area contributed by atoms with Gasteiger partial charge in [0.05, 0.1) is 7.11 Å². The number of rotatable bonds is 7. The second kappa shape index (κ2) is 9.00. The summed E-state index contributed by atoms with van der Waals surface area (Å²) in [4.78, 5) is 5.18. The highest BCUT2D eigenvalue weighted by atomic mass is 19.1. The second-order valence-electron chi connectivity index (χ2n) is 7.42. The Kier molecular flexibility index (Phi) is 7.26. The maximum atomic E-state index is 14.7. The number of halogens is 1. The van der Waals surface area contributed by atoms with Gasteiger partial charge in [0.25, 0.3) is 0 Å². The lowest BCUT2D eigenvalue weighted by Crippen LogP contribution is -2.60. The minimum absolute atomic E-state index is 0.124. The molecular weight excluding hydrogens is 315 g/mol. The molecule has 0 radical (unpaired) electrons. The van der Waals surface area contributed by atoms with Crippen LogP contribution in [0.5, 0.6) is 5.75 Å². The van der Waals surface area contributed by atoms with E-state index in [2.05, 4.69) is 44.4 Å². The van der Waals surface area contributed by atoms with Gasteiger partial charge in [-0.15, -0.1) is 0 Å². The van der Waals surface area contributed by atoms with Crippen LogP contribution in [0.2, 0.25) is 0 Å². The first-order valence-electron chi connectivity index (χ1n) is 9.81. The Labute approximate surface area is 153 Å². The molecule has 1 aliphatic heterocycles. The van der Waals surface area contributed by atoms with Gasteiger partial charge in [0, 0.05) is 48.9 Å². The van der Waals surface area contributed by atoms with Crippen molar-refractivity contribution in [3.8, 4) is 5.75 Å². The Bertz CT molecular complexity index is 549. The number of ether oxygens (including phenoxy) is 1. The molecule has 1 aliphatic rings. The number of piperazine rings is 1. The third-order valence-electron chi connectivity index (χ3n) is 5.74. The first-order valence-corrected chi connectivity index (χ1v) is 9.81. The molecule has 1 fully saturated rings. The van der Waals surface area contributed by atoms with Gasteiger partial charge in [0.1, 0.15) is 11.6 Å². The molecule has 0 aliphatic carbocycles. The molecule has 0 unspecified atom stereocenters. The van der Waals surface area contributed by atoms with Gasteiger partial charge in [-0.1, -0.05) is 26.8 Å². The van der Waals surface area contributed by atoms with E-state index in [4.69, 9.17) is 4.74 Å². The summed E-state index contributed by atoms with van der Waals surface area (Å²) in [7, 11) is 1.58. The summed E-state index contributed by atoms with van der Waals surface area (Å²) < 4.78 is 19.9. The van der Waals surface area contributed by atoms with Crippen molar-refractivity contribution in [2.45, 2.75) is 78.0 Å². The number of hydrogen-bond acceptors (Lipinski definition) is 3. The quantitative estimate of drug-likeness (QED) is 0.698. The Hall–Kier alpha value is -1.13. The average molecular weight is 351 g/mol. The zero-order chi connectivity index (χ0) is 18.6. The first-order chi connectivity index (χ1) is 12.0. The SMILES string of the molecule is CC[C@H]1CN([C@H](CC)c2ccc(OC)cc2F)[C@H](CC)CN1C(C)C. The van der Waals surface area contributed by atoms with E-state index in [9.17, 15) is 4.39 Å². The van der Waals surface area contributed by atoms with Gasteiger partial charge in [-0.2, -0.15) is 0 Å². The monoisotopic (exact) mass is 350 g/mol. The van der Waals surface area contributed by atoms with Crippen LogP contribution in [-0.2, 0) is 0 Å². The van der Waals surface area contributed by atoms with Crippen LogP contribution < -0.4 is 4.74 Å². The van der Waals surface area contributed by atoms with E-state index in [0.29, 0.717) is 23.9 Å². The van der Waals surface area contributed by atoms with Crippen LogP contribution in [0.25, 0.3) is 0 Å². The highest BCUT2D eigenvalue weighted by molar-refractivity contribution is 5.31. The third-order valence-corrected chi connectivity index (χ3v) is 5.74.